The molecule has 0 spiro atoms. The number of nitrogens with zero attached hydrogens (tertiary/aromatic N) is 3. The molecule has 4 amide bonds. The van der Waals surface area contributed by atoms with E-state index in [1.165, 1.54) is 21.2 Å². The minimum atomic E-state index is -0.512. The number of hydrogen-bond acceptors (Lipinski definition) is 5. The number of anilines is 1. The summed E-state index contributed by atoms with van der Waals surface area (Å²) < 4.78 is 6.95. The SMILES string of the molecule is CCOc1ccc(CN2C(=O)C3SC=CC3=[N+](CC(=O)N3CCCc4ccccc43)C2=O)cc1. The molecule has 34 heavy (non-hydrogen) atoms. The quantitative estimate of drug-likeness (QED) is 0.596. The normalized spacial score (nSPS) is 19.4. The average Bonchev–Trinajstić information content (AvgIpc) is 3.35. The van der Waals surface area contributed by atoms with Gasteiger partial charge in [-0.05, 0) is 60.6 Å². The highest BCUT2D eigenvalue weighted by Crippen LogP contribution is 2.30. The molecule has 0 saturated heterocycles. The van der Waals surface area contributed by atoms with Crippen LogP contribution in [0.15, 0.2) is 60.0 Å². The number of hydrogen-bond donors (Lipinski definition) is 0. The third-order valence-corrected chi connectivity index (χ3v) is 7.27. The molecule has 0 bridgehead atoms. The lowest BCUT2D eigenvalue weighted by Crippen LogP contribution is -2.56. The fourth-order valence-corrected chi connectivity index (χ4v) is 5.57. The topological polar surface area (TPSA) is 69.9 Å². The van der Waals surface area contributed by atoms with Crippen LogP contribution in [0.2, 0.25) is 0 Å². The van der Waals surface area contributed by atoms with Crippen LogP contribution in [0.25, 0.3) is 0 Å². The molecule has 2 aromatic rings. The first-order chi connectivity index (χ1) is 16.6. The molecular weight excluding hydrogens is 450 g/mol. The Labute approximate surface area is 202 Å². The van der Waals surface area contributed by atoms with E-state index in [0.29, 0.717) is 18.9 Å². The van der Waals surface area contributed by atoms with Crippen molar-refractivity contribution >= 4 is 41.0 Å². The summed E-state index contributed by atoms with van der Waals surface area (Å²) in [6, 6.07) is 14.8. The maximum atomic E-state index is 13.5. The summed E-state index contributed by atoms with van der Waals surface area (Å²) in [5.74, 6) is 0.339. The second kappa shape index (κ2) is 9.46. The van der Waals surface area contributed by atoms with Gasteiger partial charge in [0.1, 0.15) is 18.0 Å². The number of allylic oxidation sites excluding steroid dienone is 1. The molecule has 5 rings (SSSR count). The number of aryl methyl sites for hydroxylation is 1. The number of carbonyl (C=O) groups excluding carboxylic acids is 3. The van der Waals surface area contributed by atoms with Crippen molar-refractivity contribution in [2.24, 2.45) is 0 Å². The van der Waals surface area contributed by atoms with Crippen molar-refractivity contribution in [1.29, 1.82) is 0 Å². The minimum absolute atomic E-state index is 0.100. The van der Waals surface area contributed by atoms with Gasteiger partial charge in [0, 0.05) is 12.2 Å². The maximum absolute atomic E-state index is 13.5. The number of rotatable bonds is 6. The number of imide groups is 1. The molecule has 0 N–H and O–H groups in total. The Bertz CT molecular complexity index is 1200. The molecular formula is C26H26N3O4S+. The first-order valence-corrected chi connectivity index (χ1v) is 12.4. The lowest BCUT2D eigenvalue weighted by Gasteiger charge is -2.30. The molecule has 0 saturated carbocycles. The minimum Gasteiger partial charge on any atom is -0.494 e. The van der Waals surface area contributed by atoms with Crippen molar-refractivity contribution in [3.63, 3.8) is 0 Å². The number of urea groups is 1. The van der Waals surface area contributed by atoms with Gasteiger partial charge in [0.15, 0.2) is 11.8 Å². The summed E-state index contributed by atoms with van der Waals surface area (Å²) in [6.45, 7) is 3.15. The van der Waals surface area contributed by atoms with Crippen LogP contribution >= 0.6 is 11.8 Å². The first-order valence-electron chi connectivity index (χ1n) is 11.5. The highest BCUT2D eigenvalue weighted by molar-refractivity contribution is 8.04. The van der Waals surface area contributed by atoms with Crippen LogP contribution in [-0.4, -0.2) is 58.0 Å². The van der Waals surface area contributed by atoms with E-state index in [9.17, 15) is 14.4 Å². The van der Waals surface area contributed by atoms with Gasteiger partial charge in [0.05, 0.1) is 6.61 Å². The van der Waals surface area contributed by atoms with E-state index in [2.05, 4.69) is 0 Å². The Kier molecular flexibility index (Phi) is 6.24. The first kappa shape index (κ1) is 22.4. The van der Waals surface area contributed by atoms with Crippen LogP contribution in [0.3, 0.4) is 0 Å². The number of carbonyl (C=O) groups is 3. The molecule has 0 aromatic heterocycles. The van der Waals surface area contributed by atoms with Gasteiger partial charge in [-0.3, -0.25) is 4.79 Å². The molecule has 8 heteroatoms. The molecule has 0 aliphatic carbocycles. The fourth-order valence-electron chi connectivity index (χ4n) is 4.61. The molecule has 0 radical (unpaired) electrons. The maximum Gasteiger partial charge on any atom is 0.501 e. The molecule has 174 valence electrons. The summed E-state index contributed by atoms with van der Waals surface area (Å²) >= 11 is 1.37. The van der Waals surface area contributed by atoms with Gasteiger partial charge in [0.25, 0.3) is 5.91 Å². The van der Waals surface area contributed by atoms with E-state index < -0.39 is 11.3 Å². The number of thioether (sulfide) groups is 1. The number of benzene rings is 2. The Hall–Kier alpha value is -3.39. The van der Waals surface area contributed by atoms with Gasteiger partial charge in [0.2, 0.25) is 0 Å². The molecule has 1 atom stereocenters. The van der Waals surface area contributed by atoms with Gasteiger partial charge in [-0.2, -0.15) is 14.3 Å². The van der Waals surface area contributed by atoms with Gasteiger partial charge in [-0.1, -0.05) is 30.3 Å². The molecule has 3 heterocycles. The Morgan fingerprint density at radius 3 is 2.74 bits per heavy atom. The molecule has 1 unspecified atom stereocenters. The number of amides is 4. The van der Waals surface area contributed by atoms with Crippen LogP contribution in [-0.2, 0) is 22.6 Å². The lowest BCUT2D eigenvalue weighted by molar-refractivity contribution is -0.426. The van der Waals surface area contributed by atoms with Crippen molar-refractivity contribution in [1.82, 2.24) is 4.90 Å². The van der Waals surface area contributed by atoms with Crippen LogP contribution in [0.5, 0.6) is 5.75 Å². The van der Waals surface area contributed by atoms with Crippen molar-refractivity contribution in [3.8, 4) is 5.75 Å². The van der Waals surface area contributed by atoms with Crippen molar-refractivity contribution in [2.75, 3.05) is 24.6 Å². The second-order valence-corrected chi connectivity index (χ2v) is 9.41. The largest absolute Gasteiger partial charge is 0.501 e. The highest BCUT2D eigenvalue weighted by atomic mass is 32.2. The summed E-state index contributed by atoms with van der Waals surface area (Å²) in [5, 5.41) is 1.31. The summed E-state index contributed by atoms with van der Waals surface area (Å²) in [6.07, 6.45) is 3.59. The molecule has 2 aromatic carbocycles. The monoisotopic (exact) mass is 476 g/mol. The van der Waals surface area contributed by atoms with Gasteiger partial charge in [-0.15, -0.1) is 11.8 Å². The van der Waals surface area contributed by atoms with Gasteiger partial charge < -0.3 is 9.64 Å². The van der Waals surface area contributed by atoms with Crippen LogP contribution < -0.4 is 9.64 Å². The van der Waals surface area contributed by atoms with E-state index in [-0.39, 0.29) is 24.9 Å². The van der Waals surface area contributed by atoms with E-state index in [0.717, 1.165) is 35.4 Å². The lowest BCUT2D eigenvalue weighted by atomic mass is 10.0. The highest BCUT2D eigenvalue weighted by Gasteiger charge is 2.49. The zero-order chi connectivity index (χ0) is 23.7. The van der Waals surface area contributed by atoms with Gasteiger partial charge in [-0.25, -0.2) is 4.79 Å². The zero-order valence-electron chi connectivity index (χ0n) is 19.0. The third-order valence-electron chi connectivity index (χ3n) is 6.27. The predicted molar refractivity (Wildman–Crippen MR) is 131 cm³/mol. The van der Waals surface area contributed by atoms with Crippen molar-refractivity contribution in [3.05, 3.63) is 71.1 Å². The van der Waals surface area contributed by atoms with Crippen molar-refractivity contribution < 1.29 is 23.7 Å². The van der Waals surface area contributed by atoms with E-state index >= 15 is 0 Å². The van der Waals surface area contributed by atoms with E-state index in [1.54, 1.807) is 11.0 Å². The zero-order valence-corrected chi connectivity index (χ0v) is 19.8. The Morgan fingerprint density at radius 2 is 1.94 bits per heavy atom. The standard InChI is InChI=1S/C26H26N3O4S/c1-2-33-20-11-9-18(10-12-20)16-29-25(31)24-22(13-15-34-24)28(26(29)32)17-23(30)27-14-5-7-19-6-3-4-8-21(19)27/h3-4,6,8-13,15,24H,2,5,7,14,16-17H2,1H3/q+1. The summed E-state index contributed by atoms with van der Waals surface area (Å²) in [5.41, 5.74) is 3.45. The van der Waals surface area contributed by atoms with Gasteiger partial charge >= 0.3 is 11.9 Å². The Balaban J connectivity index is 1.40. The molecule has 7 nitrogen and oxygen atoms in total. The third kappa shape index (κ3) is 4.14. The Morgan fingerprint density at radius 1 is 1.15 bits per heavy atom. The van der Waals surface area contributed by atoms with E-state index in [1.807, 2.05) is 60.9 Å². The number of fused-ring (bicyclic) bond motifs is 2. The van der Waals surface area contributed by atoms with Crippen LogP contribution in [0, 0.1) is 0 Å². The number of ether oxygens (including phenoxy) is 1. The fraction of sp³-hybridized carbons (Fsp3) is 0.308. The summed E-state index contributed by atoms with van der Waals surface area (Å²) in [4.78, 5) is 43.0. The average molecular weight is 477 g/mol. The summed E-state index contributed by atoms with van der Waals surface area (Å²) in [7, 11) is 0. The van der Waals surface area contributed by atoms with Crippen LogP contribution in [0.4, 0.5) is 10.5 Å². The smallest absolute Gasteiger partial charge is 0.494 e. The van der Waals surface area contributed by atoms with Crippen LogP contribution in [0.1, 0.15) is 24.5 Å². The molecule has 0 fully saturated rings. The predicted octanol–water partition coefficient (Wildman–Crippen LogP) is 3.61. The number of para-hydroxylation sites is 1. The van der Waals surface area contributed by atoms with E-state index in [4.69, 9.17) is 4.74 Å². The molecule has 3 aliphatic heterocycles. The second-order valence-electron chi connectivity index (χ2n) is 8.39. The van der Waals surface area contributed by atoms with Crippen molar-refractivity contribution in [2.45, 2.75) is 31.6 Å². The molecule has 3 aliphatic rings.